The number of aromatic nitrogens is 2. The molecule has 0 spiro atoms. The predicted octanol–water partition coefficient (Wildman–Crippen LogP) is 1.95. The maximum absolute atomic E-state index is 12.9. The van der Waals surface area contributed by atoms with E-state index in [9.17, 15) is 9.18 Å². The first-order valence-electron chi connectivity index (χ1n) is 8.93. The molecule has 1 fully saturated rings. The molecule has 2 N–H and O–H groups in total. The van der Waals surface area contributed by atoms with Crippen molar-refractivity contribution in [1.82, 2.24) is 25.3 Å². The minimum Gasteiger partial charge on any atom is -0.355 e. The molecule has 2 heterocycles. The summed E-state index contributed by atoms with van der Waals surface area (Å²) in [6.45, 7) is 3.54. The number of rotatable bonds is 7. The third kappa shape index (κ3) is 6.44. The van der Waals surface area contributed by atoms with Gasteiger partial charge in [0.25, 0.3) is 0 Å². The fraction of sp³-hybridized carbons (Fsp3) is 0.474. The summed E-state index contributed by atoms with van der Waals surface area (Å²) in [5.74, 6) is -0.0432. The van der Waals surface area contributed by atoms with Crippen molar-refractivity contribution in [3.8, 4) is 0 Å². The number of carbonyl (C=O) groups excluding carboxylic acids is 1. The molecule has 28 heavy (non-hydrogen) atoms. The monoisotopic (exact) mass is 431 g/mol. The first-order valence-corrected chi connectivity index (χ1v) is 8.93. The summed E-state index contributed by atoms with van der Waals surface area (Å²) < 4.78 is 14.7. The Hall–Kier alpha value is -1.67. The lowest BCUT2D eigenvalue weighted by molar-refractivity contribution is -0.124. The highest BCUT2D eigenvalue weighted by Crippen LogP contribution is 2.27. The van der Waals surface area contributed by atoms with Crippen molar-refractivity contribution in [3.63, 3.8) is 0 Å². The highest BCUT2D eigenvalue weighted by atomic mass is 35.5. The lowest BCUT2D eigenvalue weighted by Crippen LogP contribution is -2.38. The van der Waals surface area contributed by atoms with Crippen LogP contribution in [0.25, 0.3) is 0 Å². The summed E-state index contributed by atoms with van der Waals surface area (Å²) in [6.07, 6.45) is 3.82. The van der Waals surface area contributed by atoms with E-state index in [0.717, 1.165) is 30.8 Å². The van der Waals surface area contributed by atoms with E-state index >= 15 is 0 Å². The fourth-order valence-corrected chi connectivity index (χ4v) is 3.42. The maximum atomic E-state index is 12.9. The Bertz CT molecular complexity index is 740. The molecule has 1 aliphatic rings. The largest absolute Gasteiger partial charge is 0.355 e. The Balaban J connectivity index is 0.00000196. The second-order valence-electron chi connectivity index (χ2n) is 6.97. The normalized spacial score (nSPS) is 18.4. The fourth-order valence-electron chi connectivity index (χ4n) is 3.42. The molecule has 9 heteroatoms. The Labute approximate surface area is 177 Å². The molecule has 0 unspecified atom stereocenters. The van der Waals surface area contributed by atoms with E-state index in [1.807, 2.05) is 26.5 Å². The molecule has 156 valence electrons. The molecule has 2 aromatic rings. The van der Waals surface area contributed by atoms with Crippen LogP contribution in [0.5, 0.6) is 0 Å². The van der Waals surface area contributed by atoms with Crippen LogP contribution in [0.15, 0.2) is 36.7 Å². The number of carbonyl (C=O) groups is 1. The first kappa shape index (κ1) is 24.4. The number of nitrogens with zero attached hydrogens (tertiary/aromatic N) is 3. The number of aryl methyl sites for hydroxylation is 1. The lowest BCUT2D eigenvalue weighted by Gasteiger charge is -2.20. The molecule has 1 aliphatic heterocycles. The van der Waals surface area contributed by atoms with Gasteiger partial charge in [0.15, 0.2) is 0 Å². The molecule has 1 saturated heterocycles. The lowest BCUT2D eigenvalue weighted by atomic mass is 9.90. The van der Waals surface area contributed by atoms with E-state index < -0.39 is 0 Å². The summed E-state index contributed by atoms with van der Waals surface area (Å²) >= 11 is 0. The van der Waals surface area contributed by atoms with Crippen molar-refractivity contribution < 1.29 is 9.18 Å². The maximum Gasteiger partial charge on any atom is 0.225 e. The minimum atomic E-state index is -0.225. The molecule has 0 aliphatic carbocycles. The Morgan fingerprint density at radius 3 is 2.68 bits per heavy atom. The average Bonchev–Trinajstić information content (AvgIpc) is 3.25. The van der Waals surface area contributed by atoms with E-state index in [4.69, 9.17) is 0 Å². The van der Waals surface area contributed by atoms with E-state index in [1.165, 1.54) is 12.1 Å². The SMILES string of the molecule is CN(CCNC(=O)[C@H]1CNC[C@@H]1c1cnn(C)c1)Cc1ccc(F)cc1.Cl.Cl. The van der Waals surface area contributed by atoms with Gasteiger partial charge in [0.1, 0.15) is 5.82 Å². The summed E-state index contributed by atoms with van der Waals surface area (Å²) in [5.41, 5.74) is 2.16. The molecule has 0 bridgehead atoms. The number of hydrogen-bond acceptors (Lipinski definition) is 4. The van der Waals surface area contributed by atoms with Gasteiger partial charge in [-0.2, -0.15) is 5.10 Å². The van der Waals surface area contributed by atoms with E-state index in [2.05, 4.69) is 20.6 Å². The Morgan fingerprint density at radius 1 is 1.32 bits per heavy atom. The van der Waals surface area contributed by atoms with Gasteiger partial charge < -0.3 is 15.5 Å². The van der Waals surface area contributed by atoms with Crippen molar-refractivity contribution >= 4 is 30.7 Å². The number of likely N-dealkylation sites (N-methyl/N-ethyl adjacent to an activating group) is 1. The molecule has 0 radical (unpaired) electrons. The molecule has 0 saturated carbocycles. The zero-order valence-corrected chi connectivity index (χ0v) is 17.7. The quantitative estimate of drug-likeness (QED) is 0.703. The number of hydrogen-bond donors (Lipinski definition) is 2. The molecule has 1 amide bonds. The molecule has 2 atom stereocenters. The predicted molar refractivity (Wildman–Crippen MR) is 113 cm³/mol. The van der Waals surface area contributed by atoms with Crippen LogP contribution in [0.1, 0.15) is 17.0 Å². The third-order valence-corrected chi connectivity index (χ3v) is 4.86. The second-order valence-corrected chi connectivity index (χ2v) is 6.97. The van der Waals surface area contributed by atoms with Gasteiger partial charge >= 0.3 is 0 Å². The Kier molecular flexibility index (Phi) is 9.89. The van der Waals surface area contributed by atoms with Crippen LogP contribution in [0, 0.1) is 11.7 Å². The molecular formula is C19H28Cl2FN5O. The molecular weight excluding hydrogens is 404 g/mol. The van der Waals surface area contributed by atoms with Crippen LogP contribution in [-0.2, 0) is 18.4 Å². The van der Waals surface area contributed by atoms with E-state index in [0.29, 0.717) is 13.1 Å². The van der Waals surface area contributed by atoms with Gasteiger partial charge in [0, 0.05) is 51.9 Å². The zero-order chi connectivity index (χ0) is 18.5. The summed E-state index contributed by atoms with van der Waals surface area (Å²) in [4.78, 5) is 14.7. The van der Waals surface area contributed by atoms with Gasteiger partial charge in [-0.1, -0.05) is 12.1 Å². The smallest absolute Gasteiger partial charge is 0.225 e. The van der Waals surface area contributed by atoms with Crippen LogP contribution in [0.4, 0.5) is 4.39 Å². The zero-order valence-electron chi connectivity index (χ0n) is 16.1. The minimum absolute atomic E-state index is 0. The van der Waals surface area contributed by atoms with E-state index in [-0.39, 0.29) is 48.4 Å². The molecule has 6 nitrogen and oxygen atoms in total. The van der Waals surface area contributed by atoms with Crippen LogP contribution >= 0.6 is 24.8 Å². The molecule has 1 aromatic carbocycles. The van der Waals surface area contributed by atoms with Crippen molar-refractivity contribution in [3.05, 3.63) is 53.6 Å². The van der Waals surface area contributed by atoms with Crippen LogP contribution in [0.3, 0.4) is 0 Å². The van der Waals surface area contributed by atoms with E-state index in [1.54, 1.807) is 16.8 Å². The van der Waals surface area contributed by atoms with Crippen molar-refractivity contribution in [2.45, 2.75) is 12.5 Å². The van der Waals surface area contributed by atoms with Crippen LogP contribution < -0.4 is 10.6 Å². The molecule has 1 aromatic heterocycles. The molecule has 3 rings (SSSR count). The highest BCUT2D eigenvalue weighted by molar-refractivity contribution is 5.85. The van der Waals surface area contributed by atoms with Gasteiger partial charge in [-0.3, -0.25) is 9.48 Å². The summed E-state index contributed by atoms with van der Waals surface area (Å²) in [6, 6.07) is 6.51. The Morgan fingerprint density at radius 2 is 2.04 bits per heavy atom. The number of amides is 1. The van der Waals surface area contributed by atoms with Gasteiger partial charge in [-0.15, -0.1) is 24.8 Å². The van der Waals surface area contributed by atoms with Gasteiger partial charge in [-0.05, 0) is 30.3 Å². The highest BCUT2D eigenvalue weighted by Gasteiger charge is 2.34. The second kappa shape index (κ2) is 11.4. The van der Waals surface area contributed by atoms with Crippen LogP contribution in [-0.4, -0.2) is 53.8 Å². The van der Waals surface area contributed by atoms with Crippen molar-refractivity contribution in [2.24, 2.45) is 13.0 Å². The average molecular weight is 432 g/mol. The number of nitrogens with one attached hydrogen (secondary N) is 2. The topological polar surface area (TPSA) is 62.2 Å². The van der Waals surface area contributed by atoms with Gasteiger partial charge in [-0.25, -0.2) is 4.39 Å². The van der Waals surface area contributed by atoms with Crippen LogP contribution in [0.2, 0.25) is 0 Å². The summed E-state index contributed by atoms with van der Waals surface area (Å²) in [5, 5.41) is 10.6. The summed E-state index contributed by atoms with van der Waals surface area (Å²) in [7, 11) is 3.88. The van der Waals surface area contributed by atoms with Crippen molar-refractivity contribution in [1.29, 1.82) is 0 Å². The standard InChI is InChI=1S/C19H26FN5O.2ClH/c1-24(12-14-3-5-16(20)6-4-14)8-7-22-19(26)18-11-21-10-17(18)15-9-23-25(2)13-15;;/h3-6,9,13,17-18,21H,7-8,10-12H2,1-2H3,(H,22,26);2*1H/t17-,18+;;/m1../s1. The van der Waals surface area contributed by atoms with Gasteiger partial charge in [0.05, 0.1) is 12.1 Å². The first-order chi connectivity index (χ1) is 12.5. The van der Waals surface area contributed by atoms with Crippen molar-refractivity contribution in [2.75, 3.05) is 33.2 Å². The number of halogens is 3. The van der Waals surface area contributed by atoms with Gasteiger partial charge in [0.2, 0.25) is 5.91 Å². The number of benzene rings is 1. The third-order valence-electron chi connectivity index (χ3n) is 4.86.